The average molecular weight is 258 g/mol. The second-order valence-electron chi connectivity index (χ2n) is 4.02. The lowest BCUT2D eigenvalue weighted by molar-refractivity contribution is 0.406. The monoisotopic (exact) mass is 258 g/mol. The molecule has 0 saturated carbocycles. The summed E-state index contributed by atoms with van der Waals surface area (Å²) in [6, 6.07) is 4.33. The van der Waals surface area contributed by atoms with Gasteiger partial charge >= 0.3 is 0 Å². The van der Waals surface area contributed by atoms with E-state index < -0.39 is 10.0 Å². The number of nitrogens with zero attached hydrogens (tertiary/aromatic N) is 1. The number of ether oxygens (including phenoxy) is 1. The quantitative estimate of drug-likeness (QED) is 0.826. The second-order valence-corrected chi connectivity index (χ2v) is 6.02. The Morgan fingerprint density at radius 2 is 1.94 bits per heavy atom. The fourth-order valence-electron chi connectivity index (χ4n) is 1.30. The number of methoxy groups -OCH3 is 1. The summed E-state index contributed by atoms with van der Waals surface area (Å²) in [5.74, 6) is 0.364. The minimum atomic E-state index is -3.49. The van der Waals surface area contributed by atoms with Crippen molar-refractivity contribution in [3.63, 3.8) is 0 Å². The van der Waals surface area contributed by atoms with Crippen LogP contribution < -0.4 is 10.5 Å². The average Bonchev–Trinajstić information content (AvgIpc) is 2.28. The van der Waals surface area contributed by atoms with Crippen LogP contribution in [0.4, 0.5) is 5.69 Å². The number of rotatable bonds is 4. The Morgan fingerprint density at radius 1 is 1.35 bits per heavy atom. The fourth-order valence-corrected chi connectivity index (χ4v) is 2.68. The normalized spacial score (nSPS) is 12.1. The van der Waals surface area contributed by atoms with Gasteiger partial charge in [0.25, 0.3) is 0 Å². The molecule has 0 radical (unpaired) electrons. The van der Waals surface area contributed by atoms with Crippen molar-refractivity contribution in [1.29, 1.82) is 0 Å². The van der Waals surface area contributed by atoms with Crippen LogP contribution >= 0.6 is 0 Å². The SMILES string of the molecule is COc1cc(S(=O)(=O)N(C)C(C)C)ccc1N. The third-order valence-corrected chi connectivity index (χ3v) is 4.64. The van der Waals surface area contributed by atoms with E-state index in [1.807, 2.05) is 13.8 Å². The lowest BCUT2D eigenvalue weighted by Gasteiger charge is -2.21. The van der Waals surface area contributed by atoms with Gasteiger partial charge in [0.15, 0.2) is 0 Å². The van der Waals surface area contributed by atoms with E-state index in [0.29, 0.717) is 11.4 Å². The molecule has 0 aromatic heterocycles. The zero-order valence-corrected chi connectivity index (χ0v) is 11.3. The van der Waals surface area contributed by atoms with Gasteiger partial charge in [0.05, 0.1) is 17.7 Å². The summed E-state index contributed by atoms with van der Waals surface area (Å²) < 4.78 is 30.7. The molecule has 0 aliphatic heterocycles. The molecular weight excluding hydrogens is 240 g/mol. The van der Waals surface area contributed by atoms with Crippen molar-refractivity contribution in [1.82, 2.24) is 4.31 Å². The van der Waals surface area contributed by atoms with Crippen molar-refractivity contribution >= 4 is 15.7 Å². The van der Waals surface area contributed by atoms with Crippen LogP contribution in [0.5, 0.6) is 5.75 Å². The molecule has 0 spiro atoms. The second kappa shape index (κ2) is 4.93. The van der Waals surface area contributed by atoms with Gasteiger partial charge in [-0.2, -0.15) is 4.31 Å². The van der Waals surface area contributed by atoms with Gasteiger partial charge in [-0.25, -0.2) is 8.42 Å². The first kappa shape index (κ1) is 13.8. The molecule has 0 amide bonds. The Hall–Kier alpha value is -1.27. The molecule has 0 bridgehead atoms. The third kappa shape index (κ3) is 2.70. The van der Waals surface area contributed by atoms with Gasteiger partial charge in [0.2, 0.25) is 10.0 Å². The molecule has 6 heteroatoms. The number of benzene rings is 1. The number of sulfonamides is 1. The molecule has 0 fully saturated rings. The molecule has 1 aromatic rings. The number of hydrogen-bond donors (Lipinski definition) is 1. The molecule has 0 unspecified atom stereocenters. The first-order chi connectivity index (χ1) is 7.80. The van der Waals surface area contributed by atoms with Crippen molar-refractivity contribution in [2.45, 2.75) is 24.8 Å². The van der Waals surface area contributed by atoms with Crippen LogP contribution in [0.3, 0.4) is 0 Å². The summed E-state index contributed by atoms with van der Waals surface area (Å²) >= 11 is 0. The summed E-state index contributed by atoms with van der Waals surface area (Å²) in [6.45, 7) is 3.62. The molecular formula is C11H18N2O3S. The van der Waals surface area contributed by atoms with E-state index in [2.05, 4.69) is 0 Å². The van der Waals surface area contributed by atoms with Crippen LogP contribution in [0.25, 0.3) is 0 Å². The molecule has 0 heterocycles. The van der Waals surface area contributed by atoms with E-state index in [0.717, 1.165) is 0 Å². The molecule has 2 N–H and O–H groups in total. The molecule has 0 aliphatic rings. The van der Waals surface area contributed by atoms with E-state index in [4.69, 9.17) is 10.5 Å². The summed E-state index contributed by atoms with van der Waals surface area (Å²) in [4.78, 5) is 0.180. The summed E-state index contributed by atoms with van der Waals surface area (Å²) in [5.41, 5.74) is 6.06. The lowest BCUT2D eigenvalue weighted by atomic mass is 10.3. The van der Waals surface area contributed by atoms with Crippen molar-refractivity contribution in [2.75, 3.05) is 19.9 Å². The smallest absolute Gasteiger partial charge is 0.243 e. The van der Waals surface area contributed by atoms with Gasteiger partial charge in [-0.15, -0.1) is 0 Å². The van der Waals surface area contributed by atoms with E-state index in [-0.39, 0.29) is 10.9 Å². The maximum absolute atomic E-state index is 12.2. The van der Waals surface area contributed by atoms with Crippen LogP contribution in [-0.2, 0) is 10.0 Å². The van der Waals surface area contributed by atoms with E-state index in [1.54, 1.807) is 7.05 Å². The van der Waals surface area contributed by atoms with Crippen LogP contribution in [0.15, 0.2) is 23.1 Å². The topological polar surface area (TPSA) is 72.6 Å². The summed E-state index contributed by atoms with van der Waals surface area (Å²) in [6.07, 6.45) is 0. The van der Waals surface area contributed by atoms with E-state index in [1.165, 1.54) is 29.6 Å². The molecule has 5 nitrogen and oxygen atoms in total. The first-order valence-corrected chi connectivity index (χ1v) is 6.66. The Balaban J connectivity index is 3.25. The molecule has 0 aliphatic carbocycles. The van der Waals surface area contributed by atoms with Gasteiger partial charge < -0.3 is 10.5 Å². The predicted octanol–water partition coefficient (Wildman–Crippen LogP) is 1.31. The van der Waals surface area contributed by atoms with Gasteiger partial charge in [0.1, 0.15) is 5.75 Å². The third-order valence-electron chi connectivity index (χ3n) is 2.61. The zero-order chi connectivity index (χ0) is 13.2. The Bertz CT molecular complexity index is 497. The Morgan fingerprint density at radius 3 is 2.41 bits per heavy atom. The largest absolute Gasteiger partial charge is 0.495 e. The van der Waals surface area contributed by atoms with Gasteiger partial charge in [0, 0.05) is 19.2 Å². The number of anilines is 1. The van der Waals surface area contributed by atoms with E-state index >= 15 is 0 Å². The van der Waals surface area contributed by atoms with Gasteiger partial charge in [-0.3, -0.25) is 0 Å². The van der Waals surface area contributed by atoms with Crippen molar-refractivity contribution in [2.24, 2.45) is 0 Å². The van der Waals surface area contributed by atoms with Crippen LogP contribution in [0.1, 0.15) is 13.8 Å². The van der Waals surface area contributed by atoms with Crippen molar-refractivity contribution in [3.05, 3.63) is 18.2 Å². The number of nitrogen functional groups attached to an aromatic ring is 1. The standard InChI is InChI=1S/C11H18N2O3S/c1-8(2)13(3)17(14,15)9-5-6-10(12)11(7-9)16-4/h5-8H,12H2,1-4H3. The molecule has 1 rings (SSSR count). The van der Waals surface area contributed by atoms with Gasteiger partial charge in [-0.05, 0) is 26.0 Å². The van der Waals surface area contributed by atoms with Crippen LogP contribution in [0.2, 0.25) is 0 Å². The highest BCUT2D eigenvalue weighted by Gasteiger charge is 2.23. The highest BCUT2D eigenvalue weighted by atomic mass is 32.2. The summed E-state index contributed by atoms with van der Waals surface area (Å²) in [5, 5.41) is 0. The lowest BCUT2D eigenvalue weighted by Crippen LogP contribution is -2.33. The fraction of sp³-hybridized carbons (Fsp3) is 0.455. The molecule has 1 aromatic carbocycles. The number of hydrogen-bond acceptors (Lipinski definition) is 4. The summed E-state index contributed by atoms with van der Waals surface area (Å²) in [7, 11) is -0.493. The van der Waals surface area contributed by atoms with Crippen molar-refractivity contribution in [3.8, 4) is 5.75 Å². The maximum Gasteiger partial charge on any atom is 0.243 e. The predicted molar refractivity (Wildman–Crippen MR) is 67.5 cm³/mol. The van der Waals surface area contributed by atoms with Crippen LogP contribution in [-0.4, -0.2) is 32.9 Å². The maximum atomic E-state index is 12.2. The molecule has 0 atom stereocenters. The minimum Gasteiger partial charge on any atom is -0.495 e. The highest BCUT2D eigenvalue weighted by molar-refractivity contribution is 7.89. The molecule has 96 valence electrons. The van der Waals surface area contributed by atoms with E-state index in [9.17, 15) is 8.42 Å². The van der Waals surface area contributed by atoms with Gasteiger partial charge in [-0.1, -0.05) is 0 Å². The highest BCUT2D eigenvalue weighted by Crippen LogP contribution is 2.26. The Labute approximate surface area is 102 Å². The first-order valence-electron chi connectivity index (χ1n) is 5.22. The van der Waals surface area contributed by atoms with Crippen LogP contribution in [0, 0.1) is 0 Å². The molecule has 0 saturated heterocycles. The zero-order valence-electron chi connectivity index (χ0n) is 10.5. The number of nitrogens with two attached hydrogens (primary N) is 1. The molecule has 17 heavy (non-hydrogen) atoms. The van der Waals surface area contributed by atoms with Crippen molar-refractivity contribution < 1.29 is 13.2 Å². The Kier molecular flexibility index (Phi) is 4.00. The minimum absolute atomic E-state index is 0.108.